The second-order valence-electron chi connectivity index (χ2n) is 4.73. The molecule has 2 saturated heterocycles. The first kappa shape index (κ1) is 10.4. The van der Waals surface area contributed by atoms with Crippen LogP contribution in [0.25, 0.3) is 0 Å². The summed E-state index contributed by atoms with van der Waals surface area (Å²) in [5.41, 5.74) is -0.388. The molecule has 1 saturated carbocycles. The number of halogens is 1. The average Bonchev–Trinajstić information content (AvgIpc) is 2.28. The van der Waals surface area contributed by atoms with Gasteiger partial charge < -0.3 is 15.0 Å². The molecule has 3 heterocycles. The summed E-state index contributed by atoms with van der Waals surface area (Å²) in [7, 11) is 2.20. The zero-order chi connectivity index (χ0) is 11.1. The van der Waals surface area contributed by atoms with E-state index in [1.54, 1.807) is 6.21 Å². The lowest BCUT2D eigenvalue weighted by molar-refractivity contribution is -0.0774. The summed E-state index contributed by atoms with van der Waals surface area (Å²) in [4.78, 5) is 6.43. The smallest absolute Gasteiger partial charge is 0.197 e. The van der Waals surface area contributed by atoms with Crippen molar-refractivity contribution in [3.63, 3.8) is 0 Å². The van der Waals surface area contributed by atoms with Gasteiger partial charge in [0.15, 0.2) is 11.5 Å². The minimum absolute atomic E-state index is 0.328. The first-order valence-electron chi connectivity index (χ1n) is 5.75. The Bertz CT molecular complexity index is 332. The van der Waals surface area contributed by atoms with Crippen molar-refractivity contribution in [2.24, 2.45) is 4.99 Å². The first-order valence-corrected chi connectivity index (χ1v) is 6.18. The molecular weight excluding hydrogens is 226 g/mol. The van der Waals surface area contributed by atoms with Crippen molar-refractivity contribution in [3.8, 4) is 0 Å². The highest BCUT2D eigenvalue weighted by Gasteiger charge is 2.43. The molecule has 5 heteroatoms. The van der Waals surface area contributed by atoms with Crippen molar-refractivity contribution in [1.29, 1.82) is 0 Å². The fraction of sp³-hybridized carbons (Fsp3) is 0.727. The van der Waals surface area contributed by atoms with Crippen LogP contribution in [0, 0.1) is 0 Å². The third kappa shape index (κ3) is 1.80. The van der Waals surface area contributed by atoms with E-state index in [2.05, 4.69) is 22.3 Å². The van der Waals surface area contributed by atoms with Gasteiger partial charge in [0, 0.05) is 24.4 Å². The summed E-state index contributed by atoms with van der Waals surface area (Å²) in [6.45, 7) is 0. The van der Waals surface area contributed by atoms with Crippen molar-refractivity contribution in [1.82, 2.24) is 10.2 Å². The van der Waals surface area contributed by atoms with Crippen LogP contribution in [0.4, 0.5) is 0 Å². The predicted octanol–water partition coefficient (Wildman–Crippen LogP) is 1.28. The highest BCUT2D eigenvalue weighted by atomic mass is 35.5. The number of rotatable bonds is 2. The van der Waals surface area contributed by atoms with Crippen LogP contribution >= 0.6 is 11.6 Å². The summed E-state index contributed by atoms with van der Waals surface area (Å²) in [5.74, 6) is 0.754. The first-order chi connectivity index (χ1) is 7.72. The highest BCUT2D eigenvalue weighted by Crippen LogP contribution is 2.38. The SMILES string of the molecule is CN1C2CC(OC3=CC=NC(Cl)N3)CC1C2. The Balaban J connectivity index is 1.56. The average molecular weight is 242 g/mol. The van der Waals surface area contributed by atoms with Crippen molar-refractivity contribution in [2.75, 3.05) is 7.05 Å². The minimum Gasteiger partial charge on any atom is -0.476 e. The maximum Gasteiger partial charge on any atom is 0.197 e. The van der Waals surface area contributed by atoms with Gasteiger partial charge in [0.2, 0.25) is 0 Å². The van der Waals surface area contributed by atoms with Crippen molar-refractivity contribution in [2.45, 2.75) is 43.1 Å². The molecule has 0 spiro atoms. The normalized spacial score (nSPS) is 42.0. The number of piperidine rings is 1. The molecule has 16 heavy (non-hydrogen) atoms. The molecule has 3 aliphatic heterocycles. The molecule has 1 aliphatic carbocycles. The Kier molecular flexibility index (Phi) is 2.56. The van der Waals surface area contributed by atoms with Gasteiger partial charge in [0.1, 0.15) is 6.10 Å². The van der Waals surface area contributed by atoms with Crippen LogP contribution in [0.1, 0.15) is 19.3 Å². The minimum atomic E-state index is -0.388. The van der Waals surface area contributed by atoms with Gasteiger partial charge in [-0.15, -0.1) is 0 Å². The van der Waals surface area contributed by atoms with E-state index in [0.29, 0.717) is 18.2 Å². The molecule has 3 fully saturated rings. The summed E-state index contributed by atoms with van der Waals surface area (Å²) in [6, 6.07) is 1.43. The summed E-state index contributed by atoms with van der Waals surface area (Å²) >= 11 is 5.85. The Morgan fingerprint density at radius 1 is 1.44 bits per heavy atom. The molecular formula is C11H16ClN3O. The summed E-state index contributed by atoms with van der Waals surface area (Å²) in [5, 5.41) is 3.00. The number of nitrogens with zero attached hydrogens (tertiary/aromatic N) is 2. The largest absolute Gasteiger partial charge is 0.476 e. The number of hydrogen-bond acceptors (Lipinski definition) is 4. The fourth-order valence-corrected chi connectivity index (χ4v) is 2.95. The lowest BCUT2D eigenvalue weighted by Gasteiger charge is -2.53. The van der Waals surface area contributed by atoms with Crippen LogP contribution in [-0.4, -0.2) is 42.0 Å². The molecule has 3 atom stereocenters. The standard InChI is InChI=1S/C11H16ClN3O/c1-15-7-4-8(15)6-9(5-7)16-10-2-3-13-11(12)14-10/h2-3,7-9,11,14H,4-6H2,1H3. The third-order valence-electron chi connectivity index (χ3n) is 3.76. The Morgan fingerprint density at radius 2 is 2.19 bits per heavy atom. The van der Waals surface area contributed by atoms with E-state index in [-0.39, 0.29) is 5.62 Å². The van der Waals surface area contributed by atoms with Crippen LogP contribution in [0.5, 0.6) is 0 Å². The quantitative estimate of drug-likeness (QED) is 0.585. The van der Waals surface area contributed by atoms with Gasteiger partial charge in [-0.05, 0) is 26.3 Å². The molecule has 0 aromatic carbocycles. The molecule has 3 unspecified atom stereocenters. The van der Waals surface area contributed by atoms with E-state index in [1.807, 2.05) is 6.08 Å². The molecule has 4 rings (SSSR count). The molecule has 4 nitrogen and oxygen atoms in total. The van der Waals surface area contributed by atoms with Gasteiger partial charge in [-0.25, -0.2) is 0 Å². The number of ether oxygens (including phenoxy) is 1. The maximum absolute atomic E-state index is 5.90. The van der Waals surface area contributed by atoms with E-state index in [0.717, 1.165) is 18.7 Å². The Hall–Kier alpha value is -0.740. The van der Waals surface area contributed by atoms with Crippen LogP contribution in [-0.2, 0) is 4.74 Å². The van der Waals surface area contributed by atoms with Crippen LogP contribution in [0.3, 0.4) is 0 Å². The fourth-order valence-electron chi connectivity index (χ4n) is 2.77. The zero-order valence-electron chi connectivity index (χ0n) is 9.27. The molecule has 2 bridgehead atoms. The van der Waals surface area contributed by atoms with E-state index < -0.39 is 0 Å². The van der Waals surface area contributed by atoms with Gasteiger partial charge in [-0.3, -0.25) is 4.99 Å². The third-order valence-corrected chi connectivity index (χ3v) is 3.99. The topological polar surface area (TPSA) is 36.9 Å². The Morgan fingerprint density at radius 3 is 2.81 bits per heavy atom. The number of fused-ring (bicyclic) bond motifs is 2. The summed E-state index contributed by atoms with van der Waals surface area (Å²) in [6.07, 6.45) is 7.44. The number of aliphatic imine (C=N–C) groups is 1. The van der Waals surface area contributed by atoms with Gasteiger partial charge in [-0.1, -0.05) is 11.6 Å². The number of hydrogen-bond donors (Lipinski definition) is 1. The lowest BCUT2D eigenvalue weighted by Crippen LogP contribution is -2.60. The van der Waals surface area contributed by atoms with Crippen molar-refractivity contribution >= 4 is 17.8 Å². The second kappa shape index (κ2) is 3.93. The highest BCUT2D eigenvalue weighted by molar-refractivity contribution is 6.20. The van der Waals surface area contributed by atoms with E-state index in [1.165, 1.54) is 6.42 Å². The molecule has 0 aromatic heterocycles. The van der Waals surface area contributed by atoms with Crippen LogP contribution in [0.15, 0.2) is 17.0 Å². The molecule has 1 N–H and O–H groups in total. The van der Waals surface area contributed by atoms with Gasteiger partial charge >= 0.3 is 0 Å². The predicted molar refractivity (Wildman–Crippen MR) is 63.4 cm³/mol. The zero-order valence-corrected chi connectivity index (χ0v) is 10.0. The number of nitrogens with one attached hydrogen (secondary N) is 1. The van der Waals surface area contributed by atoms with E-state index >= 15 is 0 Å². The van der Waals surface area contributed by atoms with Crippen molar-refractivity contribution < 1.29 is 4.74 Å². The van der Waals surface area contributed by atoms with Gasteiger partial charge in [-0.2, -0.15) is 0 Å². The van der Waals surface area contributed by atoms with Crippen molar-refractivity contribution in [3.05, 3.63) is 12.0 Å². The van der Waals surface area contributed by atoms with Gasteiger partial charge in [0.25, 0.3) is 0 Å². The Labute approximate surface area is 100 Å². The van der Waals surface area contributed by atoms with Crippen LogP contribution in [0.2, 0.25) is 0 Å². The van der Waals surface area contributed by atoms with E-state index in [9.17, 15) is 0 Å². The van der Waals surface area contributed by atoms with E-state index in [4.69, 9.17) is 16.3 Å². The maximum atomic E-state index is 5.90. The molecule has 0 aromatic rings. The van der Waals surface area contributed by atoms with Crippen LogP contribution < -0.4 is 5.32 Å². The number of alkyl halides is 1. The molecule has 88 valence electrons. The monoisotopic (exact) mass is 241 g/mol. The van der Waals surface area contributed by atoms with Gasteiger partial charge in [0.05, 0.1) is 0 Å². The summed E-state index contributed by atoms with van der Waals surface area (Å²) < 4.78 is 5.90. The molecule has 0 radical (unpaired) electrons. The number of allylic oxidation sites excluding steroid dienone is 1. The lowest BCUT2D eigenvalue weighted by atomic mass is 9.79. The second-order valence-corrected chi connectivity index (χ2v) is 5.14. The molecule has 4 aliphatic rings. The molecule has 0 amide bonds.